The molecule has 184 valence electrons. The van der Waals surface area contributed by atoms with E-state index in [9.17, 15) is 35.1 Å². The summed E-state index contributed by atoms with van der Waals surface area (Å²) in [5.74, 6) is -2.33. The fourth-order valence-corrected chi connectivity index (χ4v) is 4.85. The fourth-order valence-electron chi connectivity index (χ4n) is 4.85. The molecule has 0 spiro atoms. The predicted molar refractivity (Wildman–Crippen MR) is 124 cm³/mol. The molecule has 0 atom stereocenters. The molecule has 0 bridgehead atoms. The molecule has 0 aliphatic heterocycles. The van der Waals surface area contributed by atoms with E-state index in [0.29, 0.717) is 24.0 Å². The lowest BCUT2D eigenvalue weighted by Crippen LogP contribution is -2.14. The van der Waals surface area contributed by atoms with Crippen LogP contribution in [-0.4, -0.2) is 37.5 Å². The zero-order chi connectivity index (χ0) is 24.1. The summed E-state index contributed by atoms with van der Waals surface area (Å²) in [7, 11) is 0. The number of aliphatic carboxylic acids is 2. The summed E-state index contributed by atoms with van der Waals surface area (Å²) < 4.78 is 0. The molecule has 0 radical (unpaired) electrons. The van der Waals surface area contributed by atoms with Gasteiger partial charge in [0.05, 0.1) is 10.8 Å². The monoisotopic (exact) mass is 462 g/mol. The minimum atomic E-state index is -0.674. The molecule has 7 nitrogen and oxygen atoms in total. The number of carboxylic acid groups (broad SMARTS) is 2. The number of phenols is 3. The third-order valence-corrected chi connectivity index (χ3v) is 7.72. The lowest BCUT2D eigenvalue weighted by atomic mass is 9.95. The van der Waals surface area contributed by atoms with E-state index in [-0.39, 0.29) is 11.5 Å². The third-order valence-electron chi connectivity index (χ3n) is 7.72. The molecule has 0 unspecified atom stereocenters. The summed E-state index contributed by atoms with van der Waals surface area (Å²) >= 11 is 0. The average molecular weight is 463 g/mol. The topological polar surface area (TPSA) is 135 Å². The zero-order valence-electron chi connectivity index (χ0n) is 19.4. The number of benzene rings is 1. The van der Waals surface area contributed by atoms with Gasteiger partial charge >= 0.3 is 11.9 Å². The molecule has 2 aliphatic carbocycles. The Morgan fingerprint density at radius 2 is 0.970 bits per heavy atom. The zero-order valence-corrected chi connectivity index (χ0v) is 19.4. The second kappa shape index (κ2) is 10.7. The van der Waals surface area contributed by atoms with E-state index in [0.717, 1.165) is 89.9 Å². The standard InChI is InChI=1S/C26H38O7/c27-20-18(9-5-1-3-7-11-25(13-14-25)23(30)31)17-19(21(28)22(20)29)10-6-2-4-8-12-26(15-16-26)24(32)33/h17,27-29H,1-16H2,(H,30,31)(H,32,33). The SMILES string of the molecule is O=C(O)C1(CCCCCCc2cc(CCCCCCC3(C(=O)O)CC3)c(O)c(O)c2O)CC1. The van der Waals surface area contributed by atoms with Crippen molar-refractivity contribution < 1.29 is 35.1 Å². The van der Waals surface area contributed by atoms with E-state index in [4.69, 9.17) is 0 Å². The van der Waals surface area contributed by atoms with Crippen molar-refractivity contribution in [2.75, 3.05) is 0 Å². The fraction of sp³-hybridized carbons (Fsp3) is 0.692. The first-order chi connectivity index (χ1) is 15.7. The van der Waals surface area contributed by atoms with Crippen molar-refractivity contribution in [3.8, 4) is 17.2 Å². The number of aryl methyl sites for hydroxylation is 2. The van der Waals surface area contributed by atoms with Crippen LogP contribution in [-0.2, 0) is 22.4 Å². The van der Waals surface area contributed by atoms with Crippen LogP contribution in [0.2, 0.25) is 0 Å². The van der Waals surface area contributed by atoms with E-state index >= 15 is 0 Å². The Bertz CT molecular complexity index is 786. The largest absolute Gasteiger partial charge is 0.504 e. The number of rotatable bonds is 16. The maximum atomic E-state index is 11.2. The van der Waals surface area contributed by atoms with Crippen molar-refractivity contribution in [3.05, 3.63) is 17.2 Å². The van der Waals surface area contributed by atoms with E-state index in [1.54, 1.807) is 6.07 Å². The van der Waals surface area contributed by atoms with Crippen LogP contribution in [0.1, 0.15) is 101 Å². The Labute approximate surface area is 195 Å². The van der Waals surface area contributed by atoms with Gasteiger partial charge in [-0.1, -0.05) is 38.5 Å². The van der Waals surface area contributed by atoms with Crippen LogP contribution < -0.4 is 0 Å². The Morgan fingerprint density at radius 1 is 0.606 bits per heavy atom. The lowest BCUT2D eigenvalue weighted by molar-refractivity contribution is -0.144. The molecule has 2 fully saturated rings. The first kappa shape index (κ1) is 25.2. The van der Waals surface area contributed by atoms with Crippen LogP contribution in [0.5, 0.6) is 17.2 Å². The van der Waals surface area contributed by atoms with Gasteiger partial charge in [0.15, 0.2) is 11.5 Å². The normalized spacial score (nSPS) is 17.6. The highest BCUT2D eigenvalue weighted by Gasteiger charge is 2.49. The molecule has 2 aliphatic rings. The number of carbonyl (C=O) groups is 2. The Kier molecular flexibility index (Phi) is 8.14. The van der Waals surface area contributed by atoms with E-state index in [1.165, 1.54) is 0 Å². The van der Waals surface area contributed by atoms with Gasteiger partial charge in [-0.25, -0.2) is 0 Å². The highest BCUT2D eigenvalue weighted by Crippen LogP contribution is 2.51. The third kappa shape index (κ3) is 6.33. The summed E-state index contributed by atoms with van der Waals surface area (Å²) in [4.78, 5) is 22.4. The molecule has 0 amide bonds. The number of phenolic OH excluding ortho intramolecular Hbond substituents is 3. The summed E-state index contributed by atoms with van der Waals surface area (Å²) in [5, 5.41) is 49.0. The maximum Gasteiger partial charge on any atom is 0.309 e. The summed E-state index contributed by atoms with van der Waals surface area (Å²) in [6.07, 6.45) is 12.9. The highest BCUT2D eigenvalue weighted by molar-refractivity contribution is 5.78. The maximum absolute atomic E-state index is 11.2. The van der Waals surface area contributed by atoms with Crippen LogP contribution in [0.4, 0.5) is 0 Å². The molecular formula is C26H38O7. The predicted octanol–water partition coefficient (Wildman–Crippen LogP) is 5.52. The molecule has 2 saturated carbocycles. The summed E-state index contributed by atoms with van der Waals surface area (Å²) in [6, 6.07) is 1.78. The Morgan fingerprint density at radius 3 is 1.30 bits per heavy atom. The van der Waals surface area contributed by atoms with Gasteiger partial charge in [-0.2, -0.15) is 0 Å². The minimum Gasteiger partial charge on any atom is -0.504 e. The van der Waals surface area contributed by atoms with Gasteiger partial charge in [0.2, 0.25) is 5.75 Å². The number of hydrogen-bond acceptors (Lipinski definition) is 5. The van der Waals surface area contributed by atoms with Crippen molar-refractivity contribution in [2.24, 2.45) is 10.8 Å². The number of carboxylic acids is 2. The van der Waals surface area contributed by atoms with Crippen LogP contribution in [0.3, 0.4) is 0 Å². The van der Waals surface area contributed by atoms with Crippen molar-refractivity contribution in [3.63, 3.8) is 0 Å². The van der Waals surface area contributed by atoms with Gasteiger partial charge in [-0.15, -0.1) is 0 Å². The first-order valence-corrected chi connectivity index (χ1v) is 12.4. The van der Waals surface area contributed by atoms with E-state index in [1.807, 2.05) is 0 Å². The first-order valence-electron chi connectivity index (χ1n) is 12.4. The van der Waals surface area contributed by atoms with Gasteiger partial charge in [0.1, 0.15) is 0 Å². The Balaban J connectivity index is 1.38. The van der Waals surface area contributed by atoms with Gasteiger partial charge in [-0.3, -0.25) is 9.59 Å². The molecule has 0 heterocycles. The minimum absolute atomic E-state index is 0.262. The molecule has 0 saturated heterocycles. The van der Waals surface area contributed by atoms with Crippen molar-refractivity contribution in [2.45, 2.75) is 103 Å². The van der Waals surface area contributed by atoms with Crippen molar-refractivity contribution in [1.82, 2.24) is 0 Å². The average Bonchev–Trinajstić information content (AvgIpc) is 3.69. The van der Waals surface area contributed by atoms with Crippen LogP contribution >= 0.6 is 0 Å². The molecule has 5 N–H and O–H groups in total. The van der Waals surface area contributed by atoms with Crippen LogP contribution in [0, 0.1) is 10.8 Å². The summed E-state index contributed by atoms with van der Waals surface area (Å²) in [5.41, 5.74) is 0.319. The van der Waals surface area contributed by atoms with Gasteiger partial charge in [0.25, 0.3) is 0 Å². The molecule has 33 heavy (non-hydrogen) atoms. The van der Waals surface area contributed by atoms with Crippen LogP contribution in [0.25, 0.3) is 0 Å². The number of aromatic hydroxyl groups is 3. The van der Waals surface area contributed by atoms with Gasteiger partial charge in [-0.05, 0) is 81.4 Å². The second-order valence-electron chi connectivity index (χ2n) is 10.2. The molecule has 1 aromatic rings. The molecular weight excluding hydrogens is 424 g/mol. The van der Waals surface area contributed by atoms with Crippen molar-refractivity contribution in [1.29, 1.82) is 0 Å². The second-order valence-corrected chi connectivity index (χ2v) is 10.2. The van der Waals surface area contributed by atoms with E-state index < -0.39 is 28.5 Å². The molecule has 0 aromatic heterocycles. The summed E-state index contributed by atoms with van der Waals surface area (Å²) in [6.45, 7) is 0. The quantitative estimate of drug-likeness (QED) is 0.161. The van der Waals surface area contributed by atoms with E-state index in [2.05, 4.69) is 0 Å². The van der Waals surface area contributed by atoms with Gasteiger partial charge in [0, 0.05) is 0 Å². The molecule has 1 aromatic carbocycles. The molecule has 3 rings (SSSR count). The number of unbranched alkanes of at least 4 members (excludes halogenated alkanes) is 6. The van der Waals surface area contributed by atoms with Crippen LogP contribution in [0.15, 0.2) is 6.07 Å². The Hall–Kier alpha value is -2.44. The highest BCUT2D eigenvalue weighted by atomic mass is 16.4. The van der Waals surface area contributed by atoms with Crippen molar-refractivity contribution >= 4 is 11.9 Å². The molecule has 7 heteroatoms. The smallest absolute Gasteiger partial charge is 0.309 e. The lowest BCUT2D eigenvalue weighted by Gasteiger charge is -2.13. The number of hydrogen-bond donors (Lipinski definition) is 5. The van der Waals surface area contributed by atoms with Gasteiger partial charge < -0.3 is 25.5 Å².